The number of rotatable bonds is 8. The van der Waals surface area contributed by atoms with E-state index in [1.165, 1.54) is 0 Å². The lowest BCUT2D eigenvalue weighted by molar-refractivity contribution is -0.142. The highest BCUT2D eigenvalue weighted by molar-refractivity contribution is 6.14. The number of aromatic nitrogens is 2. The summed E-state index contributed by atoms with van der Waals surface area (Å²) < 4.78 is 92.9. The van der Waals surface area contributed by atoms with Gasteiger partial charge in [0.05, 0.1) is 56.2 Å². The predicted molar refractivity (Wildman–Crippen MR) is 321 cm³/mol. The molecule has 0 N–H and O–H groups in total. The first-order valence-corrected chi connectivity index (χ1v) is 26.9. The molecule has 0 radical (unpaired) electrons. The number of aryl methyl sites for hydroxylation is 4. The van der Waals surface area contributed by atoms with E-state index in [0.29, 0.717) is 28.6 Å². The molecular formula is C73H49F6N3. The fourth-order valence-corrected chi connectivity index (χ4v) is 12.2. The van der Waals surface area contributed by atoms with Gasteiger partial charge in [-0.1, -0.05) is 133 Å². The van der Waals surface area contributed by atoms with Crippen LogP contribution in [0.15, 0.2) is 224 Å². The highest BCUT2D eigenvalue weighted by Gasteiger charge is 2.39. The largest absolute Gasteiger partial charge is 0.417 e. The number of hydrogen-bond donors (Lipinski definition) is 0. The Labute approximate surface area is 469 Å². The minimum absolute atomic E-state index is 0.0329. The number of halogens is 6. The summed E-state index contributed by atoms with van der Waals surface area (Å²) in [6.45, 7) is 8.31. The van der Waals surface area contributed by atoms with Crippen LogP contribution in [0.3, 0.4) is 0 Å². The van der Waals surface area contributed by atoms with Crippen molar-refractivity contribution in [3.63, 3.8) is 0 Å². The van der Waals surface area contributed by atoms with Crippen LogP contribution >= 0.6 is 0 Å². The Morgan fingerprint density at radius 2 is 0.659 bits per heavy atom. The van der Waals surface area contributed by atoms with E-state index in [4.69, 9.17) is 0 Å². The van der Waals surface area contributed by atoms with E-state index in [9.17, 15) is 18.4 Å². The van der Waals surface area contributed by atoms with Crippen LogP contribution in [0, 0.1) is 39.0 Å². The van der Waals surface area contributed by atoms with Crippen LogP contribution in [-0.2, 0) is 12.4 Å². The zero-order chi connectivity index (χ0) is 56.8. The third-order valence-electron chi connectivity index (χ3n) is 16.2. The molecule has 0 bridgehead atoms. The van der Waals surface area contributed by atoms with E-state index in [2.05, 4.69) is 164 Å². The number of nitriles is 1. The lowest BCUT2D eigenvalue weighted by atomic mass is 9.91. The van der Waals surface area contributed by atoms with Crippen LogP contribution in [0.1, 0.15) is 38.9 Å². The fourth-order valence-electron chi connectivity index (χ4n) is 12.2. The average molecular weight is 1080 g/mol. The normalized spacial score (nSPS) is 12.0. The second-order valence-electron chi connectivity index (χ2n) is 21.2. The van der Waals surface area contributed by atoms with Gasteiger partial charge in [0.25, 0.3) is 0 Å². The molecule has 0 atom stereocenters. The van der Waals surface area contributed by atoms with Gasteiger partial charge in [-0.05, 0) is 197 Å². The summed E-state index contributed by atoms with van der Waals surface area (Å²) >= 11 is 0. The highest BCUT2D eigenvalue weighted by Crippen LogP contribution is 2.48. The lowest BCUT2D eigenvalue weighted by Gasteiger charge is -2.21. The van der Waals surface area contributed by atoms with Crippen molar-refractivity contribution in [2.75, 3.05) is 0 Å². The molecule has 0 aliphatic carbocycles. The van der Waals surface area contributed by atoms with Crippen LogP contribution in [0.25, 0.3) is 122 Å². The second kappa shape index (κ2) is 19.7. The molecule has 13 rings (SSSR count). The summed E-state index contributed by atoms with van der Waals surface area (Å²) in [6, 6.07) is 72.6. The first-order valence-electron chi connectivity index (χ1n) is 26.9. The van der Waals surface area contributed by atoms with Gasteiger partial charge in [0.15, 0.2) is 0 Å². The Morgan fingerprint density at radius 3 is 1.01 bits per heavy atom. The summed E-state index contributed by atoms with van der Waals surface area (Å²) in [4.78, 5) is 0. The maximum atomic E-state index is 15.3. The molecule has 0 aliphatic rings. The number of fused-ring (bicyclic) bond motifs is 6. The summed E-state index contributed by atoms with van der Waals surface area (Å²) in [6.07, 6.45) is -10.2. The molecule has 0 saturated carbocycles. The molecule has 3 nitrogen and oxygen atoms in total. The molecule has 2 aromatic heterocycles. The summed E-state index contributed by atoms with van der Waals surface area (Å²) in [7, 11) is 0. The molecule has 0 aliphatic heterocycles. The van der Waals surface area contributed by atoms with Crippen molar-refractivity contribution >= 4 is 43.6 Å². The molecule has 13 aromatic rings. The van der Waals surface area contributed by atoms with Crippen molar-refractivity contribution < 1.29 is 26.3 Å². The average Bonchev–Trinajstić information content (AvgIpc) is 3.94. The maximum absolute atomic E-state index is 15.3. The van der Waals surface area contributed by atoms with Crippen LogP contribution in [0.4, 0.5) is 26.3 Å². The van der Waals surface area contributed by atoms with Crippen molar-refractivity contribution in [1.29, 1.82) is 5.26 Å². The predicted octanol–water partition coefficient (Wildman–Crippen LogP) is 21.0. The van der Waals surface area contributed by atoms with Crippen LogP contribution in [-0.4, -0.2) is 9.13 Å². The van der Waals surface area contributed by atoms with Gasteiger partial charge in [-0.3, -0.25) is 0 Å². The van der Waals surface area contributed by atoms with Crippen molar-refractivity contribution in [2.24, 2.45) is 0 Å². The maximum Gasteiger partial charge on any atom is 0.417 e. The SMILES string of the molecule is Cc1ccccc1-c1ccc2c(c1)c1cc(-c3ccccc3C)ccc1n2-c1ccc(C#N)cc1-c1cc(-c2ccc(C(F)(F)F)cc2C(F)(F)F)ccc1-n1c2ccc(-c3ccccc3C)cc2c2cc(-c3ccccc3C)ccc21. The molecule has 0 saturated heterocycles. The van der Waals surface area contributed by atoms with Gasteiger partial charge in [-0.15, -0.1) is 0 Å². The molecule has 2 heterocycles. The second-order valence-corrected chi connectivity index (χ2v) is 21.2. The Balaban J connectivity index is 1.14. The van der Waals surface area contributed by atoms with E-state index in [1.54, 1.807) is 30.3 Å². The summed E-state index contributed by atoms with van der Waals surface area (Å²) in [5.74, 6) is 0. The van der Waals surface area contributed by atoms with Gasteiger partial charge in [0.2, 0.25) is 0 Å². The molecule has 0 spiro atoms. The topological polar surface area (TPSA) is 33.6 Å². The van der Waals surface area contributed by atoms with Gasteiger partial charge in [0, 0.05) is 32.7 Å². The Hall–Kier alpha value is -9.91. The van der Waals surface area contributed by atoms with Gasteiger partial charge in [0.1, 0.15) is 0 Å². The van der Waals surface area contributed by atoms with E-state index in [1.807, 2.05) is 54.6 Å². The van der Waals surface area contributed by atoms with Gasteiger partial charge >= 0.3 is 12.4 Å². The number of hydrogen-bond acceptors (Lipinski definition) is 1. The Kier molecular flexibility index (Phi) is 12.4. The summed E-state index contributed by atoms with van der Waals surface area (Å²) in [5.41, 5.74) is 15.2. The van der Waals surface area contributed by atoms with Crippen molar-refractivity contribution in [3.05, 3.63) is 263 Å². The quantitative estimate of drug-likeness (QED) is 0.140. The van der Waals surface area contributed by atoms with Crippen molar-refractivity contribution in [1.82, 2.24) is 9.13 Å². The molecule has 398 valence electrons. The van der Waals surface area contributed by atoms with E-state index in [0.717, 1.165) is 116 Å². The molecule has 82 heavy (non-hydrogen) atoms. The van der Waals surface area contributed by atoms with Crippen molar-refractivity contribution in [2.45, 2.75) is 40.0 Å². The molecule has 9 heteroatoms. The molecular weight excluding hydrogens is 1030 g/mol. The molecule has 0 unspecified atom stereocenters. The number of alkyl halides is 6. The number of benzene rings is 11. The first kappa shape index (κ1) is 51.5. The monoisotopic (exact) mass is 1080 g/mol. The third-order valence-corrected chi connectivity index (χ3v) is 16.2. The molecule has 0 amide bonds. The standard InChI is InChI=1S/C73H49F6N3/c1-43-13-5-9-17-54(43)48-22-30-68-61(36-48)62-37-49(55-18-10-6-14-44(55)2)23-31-69(62)81(68)66-29-21-47(42-80)35-59(66)60-40-52(58-28-27-53(72(74,75)76)41-65(58)73(77,78)79)26-34-67(60)82-70-32-24-50(56-19-11-7-15-45(56)3)38-63(70)64-39-51(25-33-71(64)82)57-20-12-8-16-46(57)4/h5-41H,1-4H3. The minimum Gasteiger partial charge on any atom is -0.309 e. The third kappa shape index (κ3) is 8.79. The van der Waals surface area contributed by atoms with E-state index < -0.39 is 29.0 Å². The highest BCUT2D eigenvalue weighted by atomic mass is 19.4. The zero-order valence-electron chi connectivity index (χ0n) is 45.0. The smallest absolute Gasteiger partial charge is 0.309 e. The fraction of sp³-hybridized carbons (Fsp3) is 0.0822. The van der Waals surface area contributed by atoms with Crippen LogP contribution in [0.5, 0.6) is 0 Å². The van der Waals surface area contributed by atoms with Gasteiger partial charge in [-0.2, -0.15) is 31.6 Å². The van der Waals surface area contributed by atoms with Gasteiger partial charge in [-0.25, -0.2) is 0 Å². The first-order chi connectivity index (χ1) is 39.5. The zero-order valence-corrected chi connectivity index (χ0v) is 45.0. The summed E-state index contributed by atoms with van der Waals surface area (Å²) in [5, 5.41) is 14.5. The Bertz CT molecular complexity index is 4590. The molecule has 0 fully saturated rings. The van der Waals surface area contributed by atoms with Crippen molar-refractivity contribution in [3.8, 4) is 84.2 Å². The van der Waals surface area contributed by atoms with Gasteiger partial charge < -0.3 is 9.13 Å². The number of nitrogens with zero attached hydrogens (tertiary/aromatic N) is 3. The van der Waals surface area contributed by atoms with Crippen LogP contribution in [0.2, 0.25) is 0 Å². The molecule has 11 aromatic carbocycles. The minimum atomic E-state index is -5.16. The van der Waals surface area contributed by atoms with Crippen LogP contribution < -0.4 is 0 Å². The van der Waals surface area contributed by atoms with E-state index in [-0.39, 0.29) is 17.2 Å². The van der Waals surface area contributed by atoms with E-state index >= 15 is 13.2 Å². The Morgan fingerprint density at radius 1 is 0.317 bits per heavy atom. The lowest BCUT2D eigenvalue weighted by Crippen LogP contribution is -2.12.